The first-order valence-electron chi connectivity index (χ1n) is 12.1. The van der Waals surface area contributed by atoms with E-state index in [4.69, 9.17) is 0 Å². The highest BCUT2D eigenvalue weighted by molar-refractivity contribution is 6.06. The second-order valence-corrected chi connectivity index (χ2v) is 9.28. The minimum atomic E-state index is -4.63. The number of carbonyl (C=O) groups is 3. The maximum absolute atomic E-state index is 13.6. The van der Waals surface area contributed by atoms with Gasteiger partial charge in [-0.1, -0.05) is 12.1 Å². The number of aryl methyl sites for hydroxylation is 1. The Morgan fingerprint density at radius 1 is 1.12 bits per heavy atom. The highest BCUT2D eigenvalue weighted by Gasteiger charge is 2.41. The van der Waals surface area contributed by atoms with Gasteiger partial charge in [-0.15, -0.1) is 0 Å². The fraction of sp³-hybridized carbons (Fsp3) is 0.250. The molecular weight excluding hydrogens is 525 g/mol. The normalized spacial score (nSPS) is 15.8. The average Bonchev–Trinajstić information content (AvgIpc) is 3.32. The summed E-state index contributed by atoms with van der Waals surface area (Å²) in [4.78, 5) is 42.3. The van der Waals surface area contributed by atoms with Crippen LogP contribution in [-0.4, -0.2) is 39.4 Å². The van der Waals surface area contributed by atoms with Crippen molar-refractivity contribution < 1.29 is 27.6 Å². The summed E-state index contributed by atoms with van der Waals surface area (Å²) in [7, 11) is 3.12. The number of ketones is 1. The Morgan fingerprint density at radius 2 is 1.85 bits per heavy atom. The second kappa shape index (κ2) is 10.7. The third kappa shape index (κ3) is 5.18. The highest BCUT2D eigenvalue weighted by atomic mass is 19.4. The van der Waals surface area contributed by atoms with Gasteiger partial charge in [-0.2, -0.15) is 23.5 Å². The molecule has 0 saturated heterocycles. The molecular formula is C28H25F3N6O3. The van der Waals surface area contributed by atoms with Crippen LogP contribution in [0.1, 0.15) is 52.6 Å². The van der Waals surface area contributed by atoms with Crippen molar-refractivity contribution in [2.24, 2.45) is 7.05 Å². The predicted molar refractivity (Wildman–Crippen MR) is 139 cm³/mol. The number of anilines is 1. The molecule has 206 valence electrons. The predicted octanol–water partition coefficient (Wildman–Crippen LogP) is 4.72. The molecule has 3 amide bonds. The summed E-state index contributed by atoms with van der Waals surface area (Å²) in [6, 6.07) is 10.6. The van der Waals surface area contributed by atoms with Gasteiger partial charge in [0.05, 0.1) is 41.2 Å². The van der Waals surface area contributed by atoms with E-state index in [0.717, 1.165) is 17.0 Å². The molecule has 1 aliphatic rings. The van der Waals surface area contributed by atoms with Gasteiger partial charge in [0, 0.05) is 37.1 Å². The largest absolute Gasteiger partial charge is 0.416 e. The van der Waals surface area contributed by atoms with Gasteiger partial charge in [0.1, 0.15) is 0 Å². The van der Waals surface area contributed by atoms with Crippen LogP contribution >= 0.6 is 0 Å². The van der Waals surface area contributed by atoms with Crippen molar-refractivity contribution in [3.63, 3.8) is 0 Å². The van der Waals surface area contributed by atoms with Gasteiger partial charge in [0.15, 0.2) is 5.78 Å². The molecule has 1 unspecified atom stereocenters. The maximum atomic E-state index is 13.6. The third-order valence-corrected chi connectivity index (χ3v) is 6.76. The molecule has 40 heavy (non-hydrogen) atoms. The number of benzene rings is 2. The number of nitriles is 1. The Bertz CT molecular complexity index is 1580. The van der Waals surface area contributed by atoms with Crippen LogP contribution in [0.25, 0.3) is 0 Å². The summed E-state index contributed by atoms with van der Waals surface area (Å²) in [5.41, 5.74) is 0.503. The van der Waals surface area contributed by atoms with Crippen LogP contribution in [0, 0.1) is 11.3 Å². The number of halogens is 3. The van der Waals surface area contributed by atoms with Crippen molar-refractivity contribution in [1.82, 2.24) is 20.0 Å². The van der Waals surface area contributed by atoms with E-state index in [2.05, 4.69) is 10.4 Å². The monoisotopic (exact) mass is 550 g/mol. The van der Waals surface area contributed by atoms with Crippen molar-refractivity contribution in [2.75, 3.05) is 11.9 Å². The number of nitrogens with zero attached hydrogens (tertiary/aromatic N) is 5. The maximum Gasteiger partial charge on any atom is 0.416 e. The first kappa shape index (κ1) is 28.1. The van der Waals surface area contributed by atoms with Crippen molar-refractivity contribution in [1.29, 1.82) is 5.26 Å². The molecule has 1 N–H and O–H groups in total. The van der Waals surface area contributed by atoms with Gasteiger partial charge < -0.3 is 10.2 Å². The van der Waals surface area contributed by atoms with Gasteiger partial charge in [-0.3, -0.25) is 19.2 Å². The number of likely N-dealkylation sites (N-methyl/N-ethyl adjacent to an activating group) is 1. The van der Waals surface area contributed by atoms with Crippen molar-refractivity contribution in [3.8, 4) is 6.07 Å². The summed E-state index contributed by atoms with van der Waals surface area (Å²) >= 11 is 0. The lowest BCUT2D eigenvalue weighted by atomic mass is 9.87. The number of nitrogens with one attached hydrogen (secondary N) is 1. The fourth-order valence-electron chi connectivity index (χ4n) is 4.76. The number of hydrogen-bond acceptors (Lipinski definition) is 5. The van der Waals surface area contributed by atoms with Crippen LogP contribution in [0.15, 0.2) is 66.0 Å². The first-order chi connectivity index (χ1) is 18.8. The summed E-state index contributed by atoms with van der Waals surface area (Å²) in [5, 5.41) is 16.3. The zero-order valence-corrected chi connectivity index (χ0v) is 22.1. The van der Waals surface area contributed by atoms with E-state index >= 15 is 0 Å². The zero-order chi connectivity index (χ0) is 29.4. The molecule has 1 atom stereocenters. The van der Waals surface area contributed by atoms with Crippen LogP contribution in [0.4, 0.5) is 23.7 Å². The van der Waals surface area contributed by atoms with Crippen molar-refractivity contribution in [3.05, 3.63) is 93.9 Å². The summed E-state index contributed by atoms with van der Waals surface area (Å²) in [6.45, 7) is 2.88. The van der Waals surface area contributed by atoms with Gasteiger partial charge in [0.25, 0.3) is 5.91 Å². The van der Waals surface area contributed by atoms with E-state index in [9.17, 15) is 32.8 Å². The van der Waals surface area contributed by atoms with Gasteiger partial charge >= 0.3 is 12.2 Å². The number of Topliss-reactive ketones (excluding diaryl/α,β-unsaturated/α-hetero) is 1. The van der Waals surface area contributed by atoms with E-state index in [1.807, 2.05) is 6.07 Å². The topological polar surface area (TPSA) is 111 Å². The smallest absolute Gasteiger partial charge is 0.346 e. The lowest BCUT2D eigenvalue weighted by molar-refractivity contribution is -0.137. The van der Waals surface area contributed by atoms with E-state index < -0.39 is 35.5 Å². The van der Waals surface area contributed by atoms with E-state index in [0.29, 0.717) is 5.69 Å². The number of urea groups is 1. The minimum Gasteiger partial charge on any atom is -0.346 e. The van der Waals surface area contributed by atoms with Gasteiger partial charge in [-0.05, 0) is 55.8 Å². The van der Waals surface area contributed by atoms with E-state index in [1.54, 1.807) is 24.0 Å². The highest BCUT2D eigenvalue weighted by Crippen LogP contribution is 2.41. The summed E-state index contributed by atoms with van der Waals surface area (Å²) in [5.74, 6) is -0.987. The quantitative estimate of drug-likeness (QED) is 0.478. The standard InChI is InChI=1S/C28H25F3N6O3/c1-16-24(17(2)38)25(35(3)27(40)37(16)20-7-5-6-19(13-20)28(29,30)31)22-9-8-18(14-32)12-23(22)26(39)33-15-21-10-11-34-36(21)4/h5-13,25H,15H2,1-4H3,(H,33,39). The average molecular weight is 551 g/mol. The molecule has 0 saturated carbocycles. The Balaban J connectivity index is 1.83. The summed E-state index contributed by atoms with van der Waals surface area (Å²) < 4.78 is 41.8. The van der Waals surface area contributed by atoms with Crippen LogP contribution < -0.4 is 10.2 Å². The minimum absolute atomic E-state index is 0.0599. The molecule has 0 bridgehead atoms. The molecule has 0 aliphatic carbocycles. The molecule has 4 rings (SSSR count). The number of aromatic nitrogens is 2. The van der Waals surface area contributed by atoms with Crippen LogP contribution in [0.3, 0.4) is 0 Å². The Morgan fingerprint density at radius 3 is 2.45 bits per heavy atom. The molecule has 12 heteroatoms. The zero-order valence-electron chi connectivity index (χ0n) is 22.1. The van der Waals surface area contributed by atoms with Crippen LogP contribution in [-0.2, 0) is 24.6 Å². The Hall–Kier alpha value is -4.92. The molecule has 0 spiro atoms. The number of carbonyl (C=O) groups excluding carboxylic acids is 3. The van der Waals surface area contributed by atoms with Gasteiger partial charge in [-0.25, -0.2) is 4.79 Å². The third-order valence-electron chi connectivity index (χ3n) is 6.76. The molecule has 0 radical (unpaired) electrons. The lowest BCUT2D eigenvalue weighted by Gasteiger charge is -2.41. The Kier molecular flexibility index (Phi) is 7.51. The second-order valence-electron chi connectivity index (χ2n) is 9.28. The molecule has 2 aromatic carbocycles. The number of alkyl halides is 3. The summed E-state index contributed by atoms with van der Waals surface area (Å²) in [6.07, 6.45) is -3.06. The molecule has 9 nitrogen and oxygen atoms in total. The van der Waals surface area contributed by atoms with Crippen LogP contribution in [0.5, 0.6) is 0 Å². The number of amides is 3. The first-order valence-corrected chi connectivity index (χ1v) is 12.1. The molecule has 1 aliphatic heterocycles. The number of allylic oxidation sites excluding steroid dienone is 1. The SMILES string of the molecule is CC(=O)C1=C(C)N(c2cccc(C(F)(F)F)c2)C(=O)N(C)C1c1ccc(C#N)cc1C(=O)NCc1ccnn1C. The molecule has 1 aromatic heterocycles. The van der Waals surface area contributed by atoms with Crippen molar-refractivity contribution >= 4 is 23.4 Å². The van der Waals surface area contributed by atoms with Gasteiger partial charge in [0.2, 0.25) is 0 Å². The number of rotatable bonds is 6. The lowest BCUT2D eigenvalue weighted by Crippen LogP contribution is -2.49. The molecule has 3 aromatic rings. The number of hydrogen-bond donors (Lipinski definition) is 1. The van der Waals surface area contributed by atoms with Crippen molar-refractivity contribution in [2.45, 2.75) is 32.6 Å². The van der Waals surface area contributed by atoms with Crippen LogP contribution in [0.2, 0.25) is 0 Å². The molecule has 0 fully saturated rings. The fourth-order valence-corrected chi connectivity index (χ4v) is 4.76. The van der Waals surface area contributed by atoms with E-state index in [-0.39, 0.29) is 40.2 Å². The van der Waals surface area contributed by atoms with E-state index in [1.165, 1.54) is 56.1 Å². The molecule has 2 heterocycles. The Labute approximate surface area is 228 Å².